The van der Waals surface area contributed by atoms with Crippen molar-refractivity contribution >= 4 is 23.5 Å². The summed E-state index contributed by atoms with van der Waals surface area (Å²) in [6, 6.07) is 6.98. The fourth-order valence-corrected chi connectivity index (χ4v) is 1.95. The molecule has 0 fully saturated rings. The lowest BCUT2D eigenvalue weighted by Gasteiger charge is -2.09. The number of carbonyl (C=O) groups excluding carboxylic acids is 2. The molecule has 1 N–H and O–H groups in total. The molecule has 0 aliphatic heterocycles. The van der Waals surface area contributed by atoms with Gasteiger partial charge in [0.2, 0.25) is 5.91 Å². The van der Waals surface area contributed by atoms with E-state index in [2.05, 4.69) is 4.99 Å². The Morgan fingerprint density at radius 2 is 1.87 bits per heavy atom. The predicted molar refractivity (Wildman–Crippen MR) is 87.8 cm³/mol. The number of carboxylic acid groups (broad SMARTS) is 1. The molecule has 0 saturated heterocycles. The molecular formula is C17H22N2O4. The second-order valence-electron chi connectivity index (χ2n) is 5.50. The Hall–Kier alpha value is -2.50. The minimum absolute atomic E-state index is 0.104. The number of amides is 2. The molecular weight excluding hydrogens is 296 g/mol. The zero-order valence-corrected chi connectivity index (χ0v) is 13.7. The highest BCUT2D eigenvalue weighted by atomic mass is 16.4. The summed E-state index contributed by atoms with van der Waals surface area (Å²) in [5.74, 6) is -1.66. The van der Waals surface area contributed by atoms with Gasteiger partial charge >= 0.3 is 5.97 Å². The normalized spacial score (nSPS) is 11.2. The van der Waals surface area contributed by atoms with Crippen LogP contribution in [0.15, 0.2) is 29.3 Å². The van der Waals surface area contributed by atoms with Gasteiger partial charge in [-0.25, -0.2) is 9.79 Å². The van der Waals surface area contributed by atoms with Crippen LogP contribution in [0.4, 0.5) is 0 Å². The van der Waals surface area contributed by atoms with Gasteiger partial charge in [-0.2, -0.15) is 0 Å². The van der Waals surface area contributed by atoms with Crippen LogP contribution in [0.25, 0.3) is 0 Å². The molecule has 6 nitrogen and oxygen atoms in total. The number of nitrogens with zero attached hydrogens (tertiary/aromatic N) is 2. The van der Waals surface area contributed by atoms with Crippen LogP contribution in [-0.2, 0) is 16.0 Å². The topological polar surface area (TPSA) is 87.0 Å². The van der Waals surface area contributed by atoms with Crippen LogP contribution in [0.3, 0.4) is 0 Å². The quantitative estimate of drug-likeness (QED) is 0.616. The van der Waals surface area contributed by atoms with E-state index in [1.165, 1.54) is 6.92 Å². The molecule has 1 aromatic rings. The van der Waals surface area contributed by atoms with Crippen molar-refractivity contribution in [1.82, 2.24) is 4.90 Å². The van der Waals surface area contributed by atoms with E-state index < -0.39 is 11.9 Å². The van der Waals surface area contributed by atoms with Crippen molar-refractivity contribution in [1.29, 1.82) is 0 Å². The Bertz CT molecular complexity index is 621. The van der Waals surface area contributed by atoms with E-state index in [0.717, 1.165) is 24.8 Å². The Balaban J connectivity index is 2.60. The number of aliphatic imine (C=N–C) groups is 1. The van der Waals surface area contributed by atoms with Crippen molar-refractivity contribution in [2.24, 2.45) is 4.99 Å². The summed E-state index contributed by atoms with van der Waals surface area (Å²) in [6.45, 7) is 1.28. The second-order valence-corrected chi connectivity index (χ2v) is 5.50. The number of unbranched alkanes of at least 4 members (excludes halogenated alkanes) is 1. The fourth-order valence-electron chi connectivity index (χ4n) is 1.95. The Labute approximate surface area is 135 Å². The molecule has 1 aromatic carbocycles. The van der Waals surface area contributed by atoms with Crippen molar-refractivity contribution in [2.75, 3.05) is 14.1 Å². The van der Waals surface area contributed by atoms with E-state index in [-0.39, 0.29) is 11.6 Å². The van der Waals surface area contributed by atoms with Gasteiger partial charge in [0.15, 0.2) is 0 Å². The molecule has 0 aromatic heterocycles. The minimum atomic E-state index is -1.21. The maximum Gasteiger partial charge on any atom is 0.350 e. The van der Waals surface area contributed by atoms with Crippen molar-refractivity contribution in [3.05, 3.63) is 35.4 Å². The summed E-state index contributed by atoms with van der Waals surface area (Å²) in [7, 11) is 3.47. The lowest BCUT2D eigenvalue weighted by molar-refractivity contribution is -0.130. The van der Waals surface area contributed by atoms with Crippen LogP contribution in [0.2, 0.25) is 0 Å². The van der Waals surface area contributed by atoms with E-state index >= 15 is 0 Å². The lowest BCUT2D eigenvalue weighted by atomic mass is 10.0. The molecule has 1 rings (SSSR count). The smallest absolute Gasteiger partial charge is 0.350 e. The molecule has 23 heavy (non-hydrogen) atoms. The maximum absolute atomic E-state index is 11.9. The number of carboxylic acids is 1. The van der Waals surface area contributed by atoms with Gasteiger partial charge in [0.25, 0.3) is 5.91 Å². The summed E-state index contributed by atoms with van der Waals surface area (Å²) >= 11 is 0. The van der Waals surface area contributed by atoms with Gasteiger partial charge in [-0.15, -0.1) is 0 Å². The Morgan fingerprint density at radius 3 is 2.48 bits per heavy atom. The van der Waals surface area contributed by atoms with E-state index in [4.69, 9.17) is 5.11 Å². The van der Waals surface area contributed by atoms with Crippen molar-refractivity contribution in [3.63, 3.8) is 0 Å². The number of carbonyl (C=O) groups is 3. The zero-order chi connectivity index (χ0) is 17.4. The number of aliphatic carboxylic acids is 1. The number of hydrogen-bond acceptors (Lipinski definition) is 3. The molecule has 124 valence electrons. The first kappa shape index (κ1) is 18.5. The minimum Gasteiger partial charge on any atom is -0.477 e. The van der Waals surface area contributed by atoms with Crippen molar-refractivity contribution in [2.45, 2.75) is 32.6 Å². The Morgan fingerprint density at radius 1 is 1.17 bits per heavy atom. The zero-order valence-electron chi connectivity index (χ0n) is 13.7. The number of hydrogen-bond donors (Lipinski definition) is 1. The molecule has 0 bridgehead atoms. The van der Waals surface area contributed by atoms with Crippen LogP contribution in [0.5, 0.6) is 0 Å². The molecule has 6 heteroatoms. The molecule has 0 radical (unpaired) electrons. The van der Waals surface area contributed by atoms with Gasteiger partial charge in [-0.05, 0) is 43.9 Å². The highest BCUT2D eigenvalue weighted by Crippen LogP contribution is 2.11. The van der Waals surface area contributed by atoms with Gasteiger partial charge in [0.1, 0.15) is 5.71 Å². The summed E-state index contributed by atoms with van der Waals surface area (Å²) in [5.41, 5.74) is 1.10. The number of aryl methyl sites for hydroxylation is 1. The highest BCUT2D eigenvalue weighted by Gasteiger charge is 2.09. The molecule has 0 unspecified atom stereocenters. The molecule has 0 aliphatic rings. The number of benzene rings is 1. The summed E-state index contributed by atoms with van der Waals surface area (Å²) in [4.78, 5) is 39.2. The van der Waals surface area contributed by atoms with Crippen LogP contribution in [0.1, 0.15) is 42.1 Å². The number of rotatable bonds is 7. The molecule has 2 amide bonds. The molecule has 0 saturated carbocycles. The van der Waals surface area contributed by atoms with E-state index in [1.54, 1.807) is 37.2 Å². The summed E-state index contributed by atoms with van der Waals surface area (Å²) < 4.78 is 0. The third-order valence-corrected chi connectivity index (χ3v) is 3.36. The van der Waals surface area contributed by atoms with E-state index in [9.17, 15) is 14.4 Å². The largest absolute Gasteiger partial charge is 0.477 e. The van der Waals surface area contributed by atoms with E-state index in [0.29, 0.717) is 12.0 Å². The molecule has 0 heterocycles. The molecule has 0 aliphatic carbocycles. The Kier molecular flexibility index (Phi) is 7.12. The second kappa shape index (κ2) is 8.82. The predicted octanol–water partition coefficient (Wildman–Crippen LogP) is 2.17. The SMILES string of the molecule is CC(=NC(=O)c1cccc(CCCCC(=O)N(C)C)c1)C(=O)O. The van der Waals surface area contributed by atoms with Crippen LogP contribution >= 0.6 is 0 Å². The van der Waals surface area contributed by atoms with Gasteiger partial charge in [-0.3, -0.25) is 9.59 Å². The third-order valence-electron chi connectivity index (χ3n) is 3.36. The first-order valence-corrected chi connectivity index (χ1v) is 7.43. The lowest BCUT2D eigenvalue weighted by Crippen LogP contribution is -2.21. The third kappa shape index (κ3) is 6.42. The molecule has 0 atom stereocenters. The van der Waals surface area contributed by atoms with Gasteiger partial charge < -0.3 is 10.0 Å². The van der Waals surface area contributed by atoms with E-state index in [1.807, 2.05) is 6.07 Å². The van der Waals surface area contributed by atoms with Crippen molar-refractivity contribution in [3.8, 4) is 0 Å². The fraction of sp³-hybridized carbons (Fsp3) is 0.412. The van der Waals surface area contributed by atoms with Crippen LogP contribution in [0, 0.1) is 0 Å². The van der Waals surface area contributed by atoms with Crippen molar-refractivity contribution < 1.29 is 19.5 Å². The monoisotopic (exact) mass is 318 g/mol. The average Bonchev–Trinajstić information content (AvgIpc) is 2.51. The summed E-state index contributed by atoms with van der Waals surface area (Å²) in [6.07, 6.45) is 2.89. The van der Waals surface area contributed by atoms with Crippen LogP contribution < -0.4 is 0 Å². The highest BCUT2D eigenvalue weighted by molar-refractivity contribution is 6.36. The van der Waals surface area contributed by atoms with Gasteiger partial charge in [0, 0.05) is 26.1 Å². The first-order chi connectivity index (χ1) is 10.8. The standard InChI is InChI=1S/C17H22N2O4/c1-12(17(22)23)18-16(21)14-9-6-8-13(11-14)7-4-5-10-15(20)19(2)3/h6,8-9,11H,4-5,7,10H2,1-3H3,(H,22,23). The van der Waals surface area contributed by atoms with Gasteiger partial charge in [0.05, 0.1) is 0 Å². The maximum atomic E-state index is 11.9. The first-order valence-electron chi connectivity index (χ1n) is 7.43. The average molecular weight is 318 g/mol. The van der Waals surface area contributed by atoms with Crippen LogP contribution in [-0.4, -0.2) is 47.6 Å². The molecule has 0 spiro atoms. The summed E-state index contributed by atoms with van der Waals surface area (Å²) in [5, 5.41) is 8.75. The van der Waals surface area contributed by atoms with Gasteiger partial charge in [-0.1, -0.05) is 12.1 Å².